The first-order chi connectivity index (χ1) is 21.6. The summed E-state index contributed by atoms with van der Waals surface area (Å²) in [5.41, 5.74) is 5.97. The quantitative estimate of drug-likeness (QED) is 0.144. The molecule has 0 fully saturated rings. The van der Waals surface area contributed by atoms with E-state index in [0.717, 1.165) is 38.9 Å². The van der Waals surface area contributed by atoms with Gasteiger partial charge in [0.25, 0.3) is 0 Å². The van der Waals surface area contributed by atoms with E-state index >= 15 is 0 Å². The summed E-state index contributed by atoms with van der Waals surface area (Å²) in [6.07, 6.45) is -0.449. The fourth-order valence-corrected chi connectivity index (χ4v) is 6.17. The number of nitrogens with one attached hydrogen (secondary N) is 2. The lowest BCUT2D eigenvalue weighted by Gasteiger charge is -2.37. The summed E-state index contributed by atoms with van der Waals surface area (Å²) in [6, 6.07) is 44.2. The Hall–Kier alpha value is -5.49. The van der Waals surface area contributed by atoms with Gasteiger partial charge in [-0.15, -0.1) is 0 Å². The number of rotatable bonds is 10. The summed E-state index contributed by atoms with van der Waals surface area (Å²) in [5.74, 6) is -0.521. The van der Waals surface area contributed by atoms with Gasteiger partial charge < -0.3 is 20.2 Å². The minimum atomic E-state index is -1.08. The first-order valence-electron chi connectivity index (χ1n) is 14.6. The van der Waals surface area contributed by atoms with Crippen LogP contribution in [0.15, 0.2) is 140 Å². The normalized spacial score (nSPS) is 12.8. The number of hydrogen-bond donors (Lipinski definition) is 2. The van der Waals surface area contributed by atoms with Gasteiger partial charge in [0, 0.05) is 5.92 Å². The van der Waals surface area contributed by atoms with Gasteiger partial charge in [-0.05, 0) is 38.9 Å². The van der Waals surface area contributed by atoms with Crippen LogP contribution in [0, 0.1) is 0 Å². The summed E-state index contributed by atoms with van der Waals surface area (Å²) in [4.78, 5) is 38.7. The molecule has 6 heteroatoms. The van der Waals surface area contributed by atoms with E-state index in [9.17, 15) is 14.4 Å². The number of amides is 2. The predicted molar refractivity (Wildman–Crippen MR) is 170 cm³/mol. The van der Waals surface area contributed by atoms with Crippen molar-refractivity contribution in [2.75, 3.05) is 6.61 Å². The molecule has 0 radical (unpaired) electrons. The van der Waals surface area contributed by atoms with Crippen LogP contribution >= 0.6 is 0 Å². The molecule has 2 N–H and O–H groups in total. The lowest BCUT2D eigenvalue weighted by molar-refractivity contribution is -0.124. The predicted octanol–water partition coefficient (Wildman–Crippen LogP) is 6.59. The van der Waals surface area contributed by atoms with Crippen LogP contribution in [0.4, 0.5) is 4.79 Å². The Labute approximate surface area is 256 Å². The van der Waals surface area contributed by atoms with Crippen LogP contribution in [0.25, 0.3) is 11.1 Å². The summed E-state index contributed by atoms with van der Waals surface area (Å²) in [5, 5.41) is 5.81. The van der Waals surface area contributed by atoms with Crippen LogP contribution < -0.4 is 10.6 Å². The molecule has 6 nitrogen and oxygen atoms in total. The number of carbonyl (C=O) groups is 3. The molecule has 0 saturated carbocycles. The van der Waals surface area contributed by atoms with Crippen LogP contribution in [0.3, 0.4) is 0 Å². The number of aldehydes is 1. The third kappa shape index (κ3) is 5.62. The first kappa shape index (κ1) is 28.6. The number of alkyl carbamates (subject to hydrolysis) is 1. The Morgan fingerprint density at radius 1 is 0.659 bits per heavy atom. The van der Waals surface area contributed by atoms with Crippen LogP contribution in [0.5, 0.6) is 0 Å². The molecular weight excluding hydrogens is 548 g/mol. The van der Waals surface area contributed by atoms with Crippen LogP contribution in [0.2, 0.25) is 0 Å². The van der Waals surface area contributed by atoms with Crippen molar-refractivity contribution in [2.24, 2.45) is 0 Å². The molecule has 44 heavy (non-hydrogen) atoms. The van der Waals surface area contributed by atoms with Crippen molar-refractivity contribution < 1.29 is 19.1 Å². The van der Waals surface area contributed by atoms with Crippen molar-refractivity contribution in [3.63, 3.8) is 0 Å². The highest BCUT2D eigenvalue weighted by Crippen LogP contribution is 2.44. The molecule has 0 heterocycles. The zero-order valence-electron chi connectivity index (χ0n) is 24.1. The fourth-order valence-electron chi connectivity index (χ4n) is 6.17. The molecule has 0 aliphatic heterocycles. The summed E-state index contributed by atoms with van der Waals surface area (Å²) < 4.78 is 5.62. The number of fused-ring (bicyclic) bond motifs is 3. The van der Waals surface area contributed by atoms with Crippen molar-refractivity contribution >= 4 is 18.3 Å². The Morgan fingerprint density at radius 3 is 1.55 bits per heavy atom. The molecule has 5 aromatic carbocycles. The maximum atomic E-state index is 13.7. The molecule has 0 saturated heterocycles. The van der Waals surface area contributed by atoms with Crippen LogP contribution in [-0.2, 0) is 19.9 Å². The minimum Gasteiger partial charge on any atom is -0.449 e. The maximum absolute atomic E-state index is 13.7. The largest absolute Gasteiger partial charge is 0.449 e. The van der Waals surface area contributed by atoms with Gasteiger partial charge in [-0.2, -0.15) is 0 Å². The van der Waals surface area contributed by atoms with Gasteiger partial charge in [0.15, 0.2) is 0 Å². The van der Waals surface area contributed by atoms with Crippen molar-refractivity contribution in [1.82, 2.24) is 10.6 Å². The molecule has 1 aliphatic rings. The molecule has 5 aromatic rings. The molecule has 218 valence electrons. The van der Waals surface area contributed by atoms with E-state index in [0.29, 0.717) is 6.29 Å². The molecule has 0 unspecified atom stereocenters. The number of hydrogen-bond acceptors (Lipinski definition) is 4. The topological polar surface area (TPSA) is 84.5 Å². The third-order valence-corrected chi connectivity index (χ3v) is 8.16. The summed E-state index contributed by atoms with van der Waals surface area (Å²) >= 11 is 0. The standard InChI is InChI=1S/C38H32N2O4/c41-25-30(39-37(43)44-26-35-33-22-12-10-20-31(33)32-21-11-13-23-34(32)35)24-36(42)40-38(27-14-4-1-5-15-27,28-16-6-2-7-17-28)29-18-8-3-9-19-29/h1-23,25,30,35H,24,26H2,(H,39,43)(H,40,42)/t30-/m1/s1. The molecule has 6 rings (SSSR count). The van der Waals surface area contributed by atoms with E-state index in [1.165, 1.54) is 0 Å². The summed E-state index contributed by atoms with van der Waals surface area (Å²) in [7, 11) is 0. The second-order valence-electron chi connectivity index (χ2n) is 10.8. The highest BCUT2D eigenvalue weighted by molar-refractivity contribution is 5.85. The molecule has 2 amide bonds. The first-order valence-corrected chi connectivity index (χ1v) is 14.6. The van der Waals surface area contributed by atoms with Gasteiger partial charge >= 0.3 is 6.09 Å². The highest BCUT2D eigenvalue weighted by atomic mass is 16.5. The molecule has 0 spiro atoms. The average Bonchev–Trinajstić information content (AvgIpc) is 3.40. The van der Waals surface area contributed by atoms with Gasteiger partial charge in [0.05, 0.1) is 12.5 Å². The van der Waals surface area contributed by atoms with Crippen molar-refractivity contribution in [2.45, 2.75) is 23.9 Å². The monoisotopic (exact) mass is 580 g/mol. The number of benzene rings is 5. The Balaban J connectivity index is 1.18. The number of carbonyl (C=O) groups excluding carboxylic acids is 3. The van der Waals surface area contributed by atoms with E-state index in [-0.39, 0.29) is 18.9 Å². The molecule has 1 aliphatic carbocycles. The molecule has 1 atom stereocenters. The van der Waals surface area contributed by atoms with E-state index in [2.05, 4.69) is 22.8 Å². The molecule has 0 bridgehead atoms. The van der Waals surface area contributed by atoms with Crippen LogP contribution in [-0.4, -0.2) is 30.9 Å². The third-order valence-electron chi connectivity index (χ3n) is 8.16. The fraction of sp³-hybridized carbons (Fsp3) is 0.132. The average molecular weight is 581 g/mol. The van der Waals surface area contributed by atoms with Crippen LogP contribution in [0.1, 0.15) is 40.2 Å². The van der Waals surface area contributed by atoms with E-state index in [4.69, 9.17) is 4.74 Å². The SMILES string of the molecule is O=C[C@@H](CC(=O)NC(c1ccccc1)(c1ccccc1)c1ccccc1)NC(=O)OCC1c2ccccc2-c2ccccc21. The zero-order valence-corrected chi connectivity index (χ0v) is 24.1. The zero-order chi connectivity index (χ0) is 30.4. The van der Waals surface area contributed by atoms with Crippen molar-refractivity contribution in [1.29, 1.82) is 0 Å². The Bertz CT molecular complexity index is 1610. The minimum absolute atomic E-state index is 0.108. The lowest BCUT2D eigenvalue weighted by Crippen LogP contribution is -2.50. The molecule has 0 aromatic heterocycles. The highest BCUT2D eigenvalue weighted by Gasteiger charge is 2.38. The van der Waals surface area contributed by atoms with E-state index < -0.39 is 23.6 Å². The smallest absolute Gasteiger partial charge is 0.407 e. The van der Waals surface area contributed by atoms with Gasteiger partial charge in [-0.1, -0.05) is 140 Å². The van der Waals surface area contributed by atoms with Crippen molar-refractivity contribution in [3.05, 3.63) is 167 Å². The lowest BCUT2D eigenvalue weighted by atomic mass is 9.77. The van der Waals surface area contributed by atoms with E-state index in [1.807, 2.05) is 127 Å². The summed E-state index contributed by atoms with van der Waals surface area (Å²) in [6.45, 7) is 0.108. The maximum Gasteiger partial charge on any atom is 0.407 e. The van der Waals surface area contributed by atoms with Gasteiger partial charge in [-0.25, -0.2) is 4.79 Å². The number of ether oxygens (including phenoxy) is 1. The Kier molecular flexibility index (Phi) is 8.32. The molecular formula is C38H32N2O4. The second-order valence-corrected chi connectivity index (χ2v) is 10.8. The van der Waals surface area contributed by atoms with E-state index in [1.54, 1.807) is 0 Å². The van der Waals surface area contributed by atoms with Gasteiger partial charge in [0.2, 0.25) is 5.91 Å². The Morgan fingerprint density at radius 2 is 1.09 bits per heavy atom. The second kappa shape index (κ2) is 12.8. The van der Waals surface area contributed by atoms with Gasteiger partial charge in [-0.3, -0.25) is 4.79 Å². The van der Waals surface area contributed by atoms with Crippen molar-refractivity contribution in [3.8, 4) is 11.1 Å². The van der Waals surface area contributed by atoms with Gasteiger partial charge in [0.1, 0.15) is 18.4 Å².